The van der Waals surface area contributed by atoms with Crippen LogP contribution in [0.3, 0.4) is 0 Å². The van der Waals surface area contributed by atoms with Crippen LogP contribution in [-0.2, 0) is 15.0 Å². The van der Waals surface area contributed by atoms with Crippen LogP contribution in [0, 0.1) is 24.6 Å². The molecule has 2 aliphatic rings. The zero-order valence-corrected chi connectivity index (χ0v) is 19.9. The molecule has 1 heterocycles. The number of carbonyl (C=O) groups is 2. The van der Waals surface area contributed by atoms with Crippen LogP contribution in [0.1, 0.15) is 62.5 Å². The lowest BCUT2D eigenvalue weighted by molar-refractivity contribution is -0.124. The molecule has 4 N–H and O–H groups in total. The van der Waals surface area contributed by atoms with E-state index in [1.807, 2.05) is 13.0 Å². The fourth-order valence-electron chi connectivity index (χ4n) is 5.82. The van der Waals surface area contributed by atoms with Gasteiger partial charge < -0.3 is 16.4 Å². The van der Waals surface area contributed by atoms with Crippen LogP contribution in [-0.4, -0.2) is 29.4 Å². The molecule has 0 saturated heterocycles. The summed E-state index contributed by atoms with van der Waals surface area (Å²) in [6.45, 7) is 2.46. The van der Waals surface area contributed by atoms with Crippen LogP contribution in [0.5, 0.6) is 0 Å². The molecular weight excluding hydrogens is 431 g/mol. The van der Waals surface area contributed by atoms with Gasteiger partial charge in [-0.2, -0.15) is 0 Å². The summed E-state index contributed by atoms with van der Waals surface area (Å²) in [5.41, 5.74) is 9.03. The van der Waals surface area contributed by atoms with E-state index in [-0.39, 0.29) is 34.9 Å². The summed E-state index contributed by atoms with van der Waals surface area (Å²) >= 11 is 0. The van der Waals surface area contributed by atoms with Gasteiger partial charge in [-0.15, -0.1) is 0 Å². The van der Waals surface area contributed by atoms with Crippen LogP contribution in [0.4, 0.5) is 10.1 Å². The smallest absolute Gasteiger partial charge is 0.237 e. The number of nitrogens with one attached hydrogen (secondary N) is 2. The maximum atomic E-state index is 13.7. The summed E-state index contributed by atoms with van der Waals surface area (Å²) in [4.78, 5) is 29.5. The molecule has 2 saturated carbocycles. The maximum absolute atomic E-state index is 13.7. The Kier molecular flexibility index (Phi) is 7.61. The van der Waals surface area contributed by atoms with Crippen LogP contribution < -0.4 is 16.4 Å². The molecule has 2 aromatic rings. The Morgan fingerprint density at radius 3 is 2.44 bits per heavy atom. The van der Waals surface area contributed by atoms with E-state index in [0.29, 0.717) is 6.54 Å². The molecule has 0 aliphatic heterocycles. The molecule has 7 heteroatoms. The summed E-state index contributed by atoms with van der Waals surface area (Å²) in [5.74, 6) is -0.346. The number of nitrogens with two attached hydrogens (primary N) is 1. The van der Waals surface area contributed by atoms with Crippen LogP contribution in [0.15, 0.2) is 42.7 Å². The van der Waals surface area contributed by atoms with Crippen molar-refractivity contribution in [3.05, 3.63) is 59.7 Å². The van der Waals surface area contributed by atoms with Crippen molar-refractivity contribution in [2.75, 3.05) is 11.9 Å². The van der Waals surface area contributed by atoms with Gasteiger partial charge in [-0.25, -0.2) is 4.39 Å². The Bertz CT molecular complexity index is 999. The lowest BCUT2D eigenvalue weighted by Crippen LogP contribution is -2.50. The van der Waals surface area contributed by atoms with Crippen molar-refractivity contribution in [2.24, 2.45) is 17.6 Å². The zero-order chi connectivity index (χ0) is 24.1. The number of amides is 2. The molecule has 182 valence electrons. The molecule has 34 heavy (non-hydrogen) atoms. The molecule has 6 nitrogen and oxygen atoms in total. The second kappa shape index (κ2) is 10.6. The Labute approximate surface area is 200 Å². The first kappa shape index (κ1) is 24.3. The minimum absolute atomic E-state index is 0.0144. The number of nitrogens with zero attached hydrogens (tertiary/aromatic N) is 1. The predicted molar refractivity (Wildman–Crippen MR) is 131 cm³/mol. The van der Waals surface area contributed by atoms with Gasteiger partial charge in [-0.05, 0) is 86.8 Å². The fraction of sp³-hybridized carbons (Fsp3) is 0.519. The highest BCUT2D eigenvalue weighted by Gasteiger charge is 2.38. The Morgan fingerprint density at radius 1 is 1.12 bits per heavy atom. The zero-order valence-electron chi connectivity index (χ0n) is 19.9. The topological polar surface area (TPSA) is 97.1 Å². The van der Waals surface area contributed by atoms with Gasteiger partial charge in [-0.1, -0.05) is 18.9 Å². The van der Waals surface area contributed by atoms with E-state index in [0.717, 1.165) is 68.2 Å². The number of carbonyl (C=O) groups excluding carboxylic acids is 2. The van der Waals surface area contributed by atoms with Gasteiger partial charge in [0.15, 0.2) is 0 Å². The number of aromatic nitrogens is 1. The third kappa shape index (κ3) is 5.46. The molecule has 1 unspecified atom stereocenters. The summed E-state index contributed by atoms with van der Waals surface area (Å²) < 4.78 is 13.7. The van der Waals surface area contributed by atoms with E-state index < -0.39 is 6.04 Å². The van der Waals surface area contributed by atoms with E-state index >= 15 is 0 Å². The summed E-state index contributed by atoms with van der Waals surface area (Å²) in [7, 11) is 0. The van der Waals surface area contributed by atoms with E-state index in [2.05, 4.69) is 15.6 Å². The van der Waals surface area contributed by atoms with E-state index in [4.69, 9.17) is 5.73 Å². The number of pyridine rings is 1. The number of benzene rings is 1. The van der Waals surface area contributed by atoms with Crippen LogP contribution >= 0.6 is 0 Å². The van der Waals surface area contributed by atoms with Crippen molar-refractivity contribution < 1.29 is 14.0 Å². The average Bonchev–Trinajstić information content (AvgIpc) is 3.32. The van der Waals surface area contributed by atoms with E-state index in [1.165, 1.54) is 6.07 Å². The summed E-state index contributed by atoms with van der Waals surface area (Å²) in [5, 5.41) is 6.07. The lowest BCUT2D eigenvalue weighted by atomic mass is 9.76. The first-order valence-corrected chi connectivity index (χ1v) is 12.4. The average molecular weight is 467 g/mol. The van der Waals surface area contributed by atoms with Gasteiger partial charge in [0.25, 0.3) is 0 Å². The minimum atomic E-state index is -0.586. The van der Waals surface area contributed by atoms with Crippen molar-refractivity contribution in [2.45, 2.75) is 69.7 Å². The highest BCUT2D eigenvalue weighted by molar-refractivity contribution is 5.92. The highest BCUT2D eigenvalue weighted by Crippen LogP contribution is 2.42. The Hall–Kier alpha value is -2.80. The molecule has 2 aliphatic carbocycles. The van der Waals surface area contributed by atoms with E-state index in [1.54, 1.807) is 30.6 Å². The maximum Gasteiger partial charge on any atom is 0.237 e. The van der Waals surface area contributed by atoms with Crippen molar-refractivity contribution in [3.8, 4) is 0 Å². The van der Waals surface area contributed by atoms with Gasteiger partial charge in [0.05, 0.1) is 6.04 Å². The first-order chi connectivity index (χ1) is 16.4. The SMILES string of the molecule is Cc1cc(F)ccc1C1(CNC(=O)C(N)C2CCC(C(=O)Nc3ccncc3)CC2)CCCC1. The van der Waals surface area contributed by atoms with Crippen molar-refractivity contribution in [3.63, 3.8) is 0 Å². The largest absolute Gasteiger partial charge is 0.354 e. The van der Waals surface area contributed by atoms with Gasteiger partial charge in [0, 0.05) is 36.0 Å². The molecule has 2 fully saturated rings. The molecule has 1 atom stereocenters. The number of rotatable bonds is 7. The molecule has 0 bridgehead atoms. The van der Waals surface area contributed by atoms with Crippen LogP contribution in [0.2, 0.25) is 0 Å². The third-order valence-electron chi connectivity index (χ3n) is 7.82. The van der Waals surface area contributed by atoms with Gasteiger partial charge in [0.2, 0.25) is 11.8 Å². The van der Waals surface area contributed by atoms with Gasteiger partial charge in [-0.3, -0.25) is 14.6 Å². The van der Waals surface area contributed by atoms with Crippen LogP contribution in [0.25, 0.3) is 0 Å². The molecule has 2 amide bonds. The van der Waals surface area contributed by atoms with Crippen molar-refractivity contribution in [1.29, 1.82) is 0 Å². The Balaban J connectivity index is 1.30. The highest BCUT2D eigenvalue weighted by atomic mass is 19.1. The standard InChI is InChI=1S/C27H35FN4O2/c1-18-16-21(28)8-9-23(18)27(12-2-3-13-27)17-31-26(34)24(29)19-4-6-20(7-5-19)25(33)32-22-10-14-30-15-11-22/h8-11,14-16,19-20,24H,2-7,12-13,17,29H2,1H3,(H,31,34)(H,30,32,33). The lowest BCUT2D eigenvalue weighted by Gasteiger charge is -2.34. The minimum Gasteiger partial charge on any atom is -0.354 e. The molecular formula is C27H35FN4O2. The number of aryl methyl sites for hydroxylation is 1. The fourth-order valence-corrected chi connectivity index (χ4v) is 5.82. The monoisotopic (exact) mass is 466 g/mol. The summed E-state index contributed by atoms with van der Waals surface area (Å²) in [6.07, 6.45) is 10.4. The first-order valence-electron chi connectivity index (χ1n) is 12.4. The molecule has 1 aromatic heterocycles. The molecule has 0 radical (unpaired) electrons. The van der Waals surface area contributed by atoms with Gasteiger partial charge >= 0.3 is 0 Å². The predicted octanol–water partition coefficient (Wildman–Crippen LogP) is 4.23. The van der Waals surface area contributed by atoms with Crippen molar-refractivity contribution in [1.82, 2.24) is 10.3 Å². The molecule has 4 rings (SSSR count). The second-order valence-electron chi connectivity index (χ2n) is 10.0. The summed E-state index contributed by atoms with van der Waals surface area (Å²) in [6, 6.07) is 7.92. The molecule has 0 spiro atoms. The van der Waals surface area contributed by atoms with Gasteiger partial charge in [0.1, 0.15) is 5.82 Å². The third-order valence-corrected chi connectivity index (χ3v) is 7.82. The van der Waals surface area contributed by atoms with Crippen molar-refractivity contribution >= 4 is 17.5 Å². The number of halogens is 1. The number of hydrogen-bond acceptors (Lipinski definition) is 4. The second-order valence-corrected chi connectivity index (χ2v) is 10.0. The normalized spacial score (nSPS) is 22.7. The quantitative estimate of drug-likeness (QED) is 0.569. The number of hydrogen-bond donors (Lipinski definition) is 3. The van der Waals surface area contributed by atoms with E-state index in [9.17, 15) is 14.0 Å². The molecule has 1 aromatic carbocycles. The number of anilines is 1. The Morgan fingerprint density at radius 2 is 1.79 bits per heavy atom.